The largest absolute Gasteiger partial charge is 0.378 e. The zero-order valence-corrected chi connectivity index (χ0v) is 15.1. The summed E-state index contributed by atoms with van der Waals surface area (Å²) >= 11 is 0. The van der Waals surface area contributed by atoms with Crippen LogP contribution in [-0.2, 0) is 4.79 Å². The van der Waals surface area contributed by atoms with Crippen LogP contribution in [0.2, 0.25) is 0 Å². The Bertz CT molecular complexity index is 819. The quantitative estimate of drug-likeness (QED) is 0.567. The Labute approximate surface area is 152 Å². The number of carbonyl (C=O) groups excluding carboxylic acids is 1. The van der Waals surface area contributed by atoms with Crippen LogP contribution < -0.4 is 21.1 Å². The lowest BCUT2D eigenvalue weighted by Crippen LogP contribution is -2.51. The van der Waals surface area contributed by atoms with Gasteiger partial charge in [-0.2, -0.15) is 0 Å². The van der Waals surface area contributed by atoms with Gasteiger partial charge in [0.15, 0.2) is 0 Å². The van der Waals surface area contributed by atoms with Crippen molar-refractivity contribution in [2.45, 2.75) is 6.04 Å². The first-order valence-electron chi connectivity index (χ1n) is 8.75. The molecule has 2 aromatic carbocycles. The fourth-order valence-corrected chi connectivity index (χ4v) is 3.37. The van der Waals surface area contributed by atoms with Crippen LogP contribution in [0.15, 0.2) is 39.9 Å². The van der Waals surface area contributed by atoms with Gasteiger partial charge >= 0.3 is 0 Å². The smallest absolute Gasteiger partial charge is 0.253 e. The van der Waals surface area contributed by atoms with E-state index < -0.39 is 10.9 Å². The number of carbonyl (C=O) groups is 1. The van der Waals surface area contributed by atoms with E-state index in [1.807, 2.05) is 49.3 Å². The van der Waals surface area contributed by atoms with Crippen molar-refractivity contribution < 1.29 is 4.79 Å². The van der Waals surface area contributed by atoms with Crippen LogP contribution in [0.5, 0.6) is 0 Å². The molecular weight excluding hydrogens is 332 g/mol. The maximum absolute atomic E-state index is 12.1. The van der Waals surface area contributed by atoms with Gasteiger partial charge in [0, 0.05) is 32.7 Å². The third kappa shape index (κ3) is 3.48. The van der Waals surface area contributed by atoms with Gasteiger partial charge in [0.2, 0.25) is 6.41 Å². The van der Waals surface area contributed by atoms with Gasteiger partial charge in [-0.1, -0.05) is 30.3 Å². The minimum absolute atomic E-state index is 0.0837. The SMILES string of the molecule is CN(C)[C@@H](CNc1c(N2CCN(C=O)CC2)c(=O)c1=O)c1ccccc1. The molecular formula is C19H24N4O3. The lowest BCUT2D eigenvalue weighted by molar-refractivity contribution is -0.118. The monoisotopic (exact) mass is 356 g/mol. The van der Waals surface area contributed by atoms with Crippen molar-refractivity contribution in [1.29, 1.82) is 0 Å². The standard InChI is InChI=1S/C19H24N4O3/c1-21(2)15(14-6-4-3-5-7-14)12-20-16-17(19(26)18(16)25)23-10-8-22(13-24)9-11-23/h3-7,13,15,20H,8-12H2,1-2H3/t15-/m0/s1. The fraction of sp³-hybridized carbons (Fsp3) is 0.421. The molecule has 0 unspecified atom stereocenters. The molecule has 1 aliphatic rings. The molecule has 0 spiro atoms. The highest BCUT2D eigenvalue weighted by Crippen LogP contribution is 2.24. The molecule has 138 valence electrons. The Hall–Kier alpha value is -2.67. The summed E-state index contributed by atoms with van der Waals surface area (Å²) in [6, 6.07) is 10.1. The van der Waals surface area contributed by atoms with Gasteiger partial charge < -0.3 is 20.0 Å². The third-order valence-electron chi connectivity index (χ3n) is 4.94. The summed E-state index contributed by atoms with van der Waals surface area (Å²) in [6.07, 6.45) is 0.820. The van der Waals surface area contributed by atoms with Gasteiger partial charge in [-0.15, -0.1) is 0 Å². The highest BCUT2D eigenvalue weighted by atomic mass is 16.2. The average Bonchev–Trinajstić information content (AvgIpc) is 2.67. The molecule has 1 N–H and O–H groups in total. The molecule has 3 rings (SSSR count). The molecule has 7 nitrogen and oxygen atoms in total. The lowest BCUT2D eigenvalue weighted by atomic mass is 10.1. The first-order valence-corrected chi connectivity index (χ1v) is 8.75. The van der Waals surface area contributed by atoms with Crippen LogP contribution in [-0.4, -0.2) is 63.0 Å². The van der Waals surface area contributed by atoms with Crippen LogP contribution in [0, 0.1) is 0 Å². The minimum atomic E-state index is -0.455. The summed E-state index contributed by atoms with van der Waals surface area (Å²) < 4.78 is 0. The normalized spacial score (nSPS) is 16.1. The topological polar surface area (TPSA) is 73.0 Å². The molecule has 0 aliphatic carbocycles. The Balaban J connectivity index is 1.73. The van der Waals surface area contributed by atoms with Crippen molar-refractivity contribution in [3.8, 4) is 0 Å². The number of benzene rings is 1. The Morgan fingerprint density at radius 1 is 1.08 bits per heavy atom. The molecule has 1 fully saturated rings. The Morgan fingerprint density at radius 2 is 1.73 bits per heavy atom. The van der Waals surface area contributed by atoms with Gasteiger partial charge in [0.05, 0.1) is 6.04 Å². The van der Waals surface area contributed by atoms with Gasteiger partial charge in [-0.25, -0.2) is 0 Å². The van der Waals surface area contributed by atoms with Crippen molar-refractivity contribution in [3.05, 3.63) is 56.3 Å². The minimum Gasteiger partial charge on any atom is -0.378 e. The summed E-state index contributed by atoms with van der Waals surface area (Å²) in [7, 11) is 3.97. The Morgan fingerprint density at radius 3 is 2.31 bits per heavy atom. The second-order valence-corrected chi connectivity index (χ2v) is 6.78. The van der Waals surface area contributed by atoms with E-state index in [9.17, 15) is 14.4 Å². The molecule has 2 aromatic rings. The molecule has 1 aliphatic heterocycles. The van der Waals surface area contributed by atoms with Crippen molar-refractivity contribution in [1.82, 2.24) is 9.80 Å². The molecule has 0 saturated carbocycles. The summed E-state index contributed by atoms with van der Waals surface area (Å²) in [5, 5.41) is 3.19. The zero-order valence-electron chi connectivity index (χ0n) is 15.1. The fourth-order valence-electron chi connectivity index (χ4n) is 3.37. The van der Waals surface area contributed by atoms with E-state index in [0.717, 1.165) is 12.0 Å². The van der Waals surface area contributed by atoms with E-state index in [4.69, 9.17) is 0 Å². The number of likely N-dealkylation sites (N-methyl/N-ethyl adjacent to an activating group) is 1. The number of piperazine rings is 1. The van der Waals surface area contributed by atoms with Crippen LogP contribution >= 0.6 is 0 Å². The van der Waals surface area contributed by atoms with E-state index in [2.05, 4.69) is 10.2 Å². The molecule has 26 heavy (non-hydrogen) atoms. The Kier molecular flexibility index (Phi) is 5.37. The summed E-state index contributed by atoms with van der Waals surface area (Å²) in [6.45, 7) is 2.78. The number of nitrogens with zero attached hydrogens (tertiary/aromatic N) is 3. The average molecular weight is 356 g/mol. The molecule has 1 heterocycles. The van der Waals surface area contributed by atoms with Gasteiger partial charge in [0.25, 0.3) is 10.9 Å². The molecule has 1 saturated heterocycles. The van der Waals surface area contributed by atoms with Crippen LogP contribution in [0.4, 0.5) is 11.4 Å². The van der Waals surface area contributed by atoms with Crippen LogP contribution in [0.1, 0.15) is 11.6 Å². The molecule has 1 atom stereocenters. The predicted octanol–water partition coefficient (Wildman–Crippen LogP) is 0.276. The van der Waals surface area contributed by atoms with Crippen molar-refractivity contribution >= 4 is 17.8 Å². The molecule has 7 heteroatoms. The third-order valence-corrected chi connectivity index (χ3v) is 4.94. The number of anilines is 2. The molecule has 1 amide bonds. The van der Waals surface area contributed by atoms with E-state index in [1.54, 1.807) is 4.90 Å². The number of hydrogen-bond donors (Lipinski definition) is 1. The molecule has 0 radical (unpaired) electrons. The van der Waals surface area contributed by atoms with E-state index in [1.165, 1.54) is 0 Å². The predicted molar refractivity (Wildman–Crippen MR) is 103 cm³/mol. The maximum Gasteiger partial charge on any atom is 0.253 e. The summed E-state index contributed by atoms with van der Waals surface area (Å²) in [4.78, 5) is 40.7. The highest BCUT2D eigenvalue weighted by molar-refractivity contribution is 5.75. The molecule has 0 bridgehead atoms. The zero-order chi connectivity index (χ0) is 18.7. The van der Waals surface area contributed by atoms with Crippen LogP contribution in [0.3, 0.4) is 0 Å². The van der Waals surface area contributed by atoms with E-state index in [0.29, 0.717) is 44.1 Å². The number of rotatable bonds is 7. The van der Waals surface area contributed by atoms with Gasteiger partial charge in [-0.3, -0.25) is 14.4 Å². The van der Waals surface area contributed by atoms with Gasteiger partial charge in [0.1, 0.15) is 11.4 Å². The van der Waals surface area contributed by atoms with E-state index in [-0.39, 0.29) is 6.04 Å². The number of nitrogens with one attached hydrogen (secondary N) is 1. The first-order chi connectivity index (χ1) is 12.5. The molecule has 0 aromatic heterocycles. The van der Waals surface area contributed by atoms with Crippen molar-refractivity contribution in [2.75, 3.05) is 57.0 Å². The van der Waals surface area contributed by atoms with Crippen molar-refractivity contribution in [3.63, 3.8) is 0 Å². The highest BCUT2D eigenvalue weighted by Gasteiger charge is 2.28. The second kappa shape index (κ2) is 7.70. The maximum atomic E-state index is 12.1. The summed E-state index contributed by atoms with van der Waals surface area (Å²) in [5.74, 6) is 0. The van der Waals surface area contributed by atoms with Crippen LogP contribution in [0.25, 0.3) is 0 Å². The summed E-state index contributed by atoms with van der Waals surface area (Å²) in [5.41, 5.74) is 1.12. The van der Waals surface area contributed by atoms with Gasteiger partial charge in [-0.05, 0) is 19.7 Å². The number of amides is 1. The van der Waals surface area contributed by atoms with Crippen molar-refractivity contribution in [2.24, 2.45) is 0 Å². The second-order valence-electron chi connectivity index (χ2n) is 6.78. The first kappa shape index (κ1) is 18.1. The van der Waals surface area contributed by atoms with E-state index >= 15 is 0 Å². The lowest BCUT2D eigenvalue weighted by Gasteiger charge is -2.35. The number of hydrogen-bond acceptors (Lipinski definition) is 6.